The van der Waals surface area contributed by atoms with Crippen molar-refractivity contribution in [3.05, 3.63) is 65.5 Å². The Hall–Kier alpha value is -1.87. The Kier molecular flexibility index (Phi) is 4.53. The minimum absolute atomic E-state index is 0.141. The lowest BCUT2D eigenvalue weighted by Crippen LogP contribution is -2.11. The van der Waals surface area contributed by atoms with E-state index in [2.05, 4.69) is 0 Å². The Balaban J connectivity index is 1.94. The zero-order valence-corrected chi connectivity index (χ0v) is 11.0. The number of rotatable bonds is 5. The quantitative estimate of drug-likeness (QED) is 0.892. The lowest BCUT2D eigenvalue weighted by Gasteiger charge is -2.12. The predicted molar refractivity (Wildman–Crippen MR) is 74.6 cm³/mol. The van der Waals surface area contributed by atoms with Gasteiger partial charge in [0.15, 0.2) is 0 Å². The molecule has 0 saturated heterocycles. The Morgan fingerprint density at radius 1 is 1.16 bits per heavy atom. The minimum Gasteiger partial charge on any atom is -0.497 e. The summed E-state index contributed by atoms with van der Waals surface area (Å²) in [6, 6.07) is 14.3. The maximum atomic E-state index is 13.1. The molecule has 0 aromatic heterocycles. The van der Waals surface area contributed by atoms with Crippen LogP contribution < -0.4 is 10.5 Å². The van der Waals surface area contributed by atoms with Crippen LogP contribution in [0.5, 0.6) is 5.75 Å². The van der Waals surface area contributed by atoms with Crippen molar-refractivity contribution in [2.75, 3.05) is 7.11 Å². The molecule has 1 atom stereocenters. The van der Waals surface area contributed by atoms with Crippen LogP contribution in [-0.2, 0) is 6.42 Å². The zero-order chi connectivity index (χ0) is 13.7. The van der Waals surface area contributed by atoms with E-state index in [1.807, 2.05) is 30.3 Å². The number of halogens is 1. The summed E-state index contributed by atoms with van der Waals surface area (Å²) in [6.45, 7) is 0. The van der Waals surface area contributed by atoms with Gasteiger partial charge in [0, 0.05) is 6.04 Å². The normalized spacial score (nSPS) is 12.2. The van der Waals surface area contributed by atoms with Crippen LogP contribution in [0, 0.1) is 5.82 Å². The molecule has 0 bridgehead atoms. The molecule has 0 aliphatic carbocycles. The van der Waals surface area contributed by atoms with Gasteiger partial charge in [0.25, 0.3) is 0 Å². The maximum absolute atomic E-state index is 13.1. The molecule has 2 aromatic carbocycles. The van der Waals surface area contributed by atoms with Gasteiger partial charge in [-0.3, -0.25) is 0 Å². The molecule has 3 heteroatoms. The molecule has 100 valence electrons. The van der Waals surface area contributed by atoms with Gasteiger partial charge in [0.2, 0.25) is 0 Å². The maximum Gasteiger partial charge on any atom is 0.123 e. The number of methoxy groups -OCH3 is 1. The average Bonchev–Trinajstić information content (AvgIpc) is 2.45. The van der Waals surface area contributed by atoms with Crippen LogP contribution in [0.3, 0.4) is 0 Å². The first-order valence-electron chi connectivity index (χ1n) is 6.33. The number of hydrogen-bond donors (Lipinski definition) is 1. The van der Waals surface area contributed by atoms with Crippen LogP contribution in [0.1, 0.15) is 23.6 Å². The van der Waals surface area contributed by atoms with Crippen molar-refractivity contribution in [1.82, 2.24) is 0 Å². The van der Waals surface area contributed by atoms with Crippen molar-refractivity contribution in [2.24, 2.45) is 5.73 Å². The molecule has 0 saturated carbocycles. The number of hydrogen-bond acceptors (Lipinski definition) is 2. The fourth-order valence-corrected chi connectivity index (χ4v) is 2.02. The molecule has 1 unspecified atom stereocenters. The van der Waals surface area contributed by atoms with Gasteiger partial charge < -0.3 is 10.5 Å². The predicted octanol–water partition coefficient (Wildman–Crippen LogP) is 3.47. The van der Waals surface area contributed by atoms with E-state index < -0.39 is 0 Å². The Morgan fingerprint density at radius 3 is 2.53 bits per heavy atom. The highest BCUT2D eigenvalue weighted by Gasteiger charge is 2.07. The third kappa shape index (κ3) is 3.80. The molecule has 2 N–H and O–H groups in total. The van der Waals surface area contributed by atoms with Crippen molar-refractivity contribution in [3.8, 4) is 5.75 Å². The van der Waals surface area contributed by atoms with Crippen LogP contribution in [0.2, 0.25) is 0 Å². The van der Waals surface area contributed by atoms with E-state index >= 15 is 0 Å². The number of aryl methyl sites for hydroxylation is 1. The first kappa shape index (κ1) is 13.6. The highest BCUT2D eigenvalue weighted by atomic mass is 19.1. The Labute approximate surface area is 113 Å². The van der Waals surface area contributed by atoms with Crippen LogP contribution in [0.25, 0.3) is 0 Å². The van der Waals surface area contributed by atoms with E-state index in [1.165, 1.54) is 17.7 Å². The largest absolute Gasteiger partial charge is 0.497 e. The monoisotopic (exact) mass is 259 g/mol. The van der Waals surface area contributed by atoms with Gasteiger partial charge in [0.1, 0.15) is 11.6 Å². The van der Waals surface area contributed by atoms with Gasteiger partial charge in [-0.1, -0.05) is 24.3 Å². The molecule has 0 spiro atoms. The average molecular weight is 259 g/mol. The van der Waals surface area contributed by atoms with Gasteiger partial charge >= 0.3 is 0 Å². The van der Waals surface area contributed by atoms with Crippen molar-refractivity contribution >= 4 is 0 Å². The minimum atomic E-state index is -0.239. The summed E-state index contributed by atoms with van der Waals surface area (Å²) in [5.74, 6) is 0.607. The summed E-state index contributed by atoms with van der Waals surface area (Å²) in [6.07, 6.45) is 1.65. The van der Waals surface area contributed by atoms with E-state index in [1.54, 1.807) is 13.2 Å². The van der Waals surface area contributed by atoms with E-state index in [9.17, 15) is 4.39 Å². The molecule has 19 heavy (non-hydrogen) atoms. The van der Waals surface area contributed by atoms with Crippen LogP contribution in [0.15, 0.2) is 48.5 Å². The molecule has 0 radical (unpaired) electrons. The van der Waals surface area contributed by atoms with Crippen LogP contribution in [0.4, 0.5) is 4.39 Å². The molecule has 0 amide bonds. The summed E-state index contributed by atoms with van der Waals surface area (Å²) in [5.41, 5.74) is 8.12. The molecule has 2 nitrogen and oxygen atoms in total. The van der Waals surface area contributed by atoms with Crippen molar-refractivity contribution in [3.63, 3.8) is 0 Å². The highest BCUT2D eigenvalue weighted by molar-refractivity contribution is 5.27. The van der Waals surface area contributed by atoms with Gasteiger partial charge in [0.05, 0.1) is 7.11 Å². The summed E-state index contributed by atoms with van der Waals surface area (Å²) in [7, 11) is 1.65. The molecule has 0 heterocycles. The first-order valence-corrected chi connectivity index (χ1v) is 6.33. The van der Waals surface area contributed by atoms with Crippen molar-refractivity contribution < 1.29 is 9.13 Å². The van der Waals surface area contributed by atoms with E-state index in [0.717, 1.165) is 24.2 Å². The second-order valence-electron chi connectivity index (χ2n) is 4.55. The third-order valence-electron chi connectivity index (χ3n) is 3.18. The summed E-state index contributed by atoms with van der Waals surface area (Å²) < 4.78 is 18.2. The van der Waals surface area contributed by atoms with Crippen LogP contribution >= 0.6 is 0 Å². The topological polar surface area (TPSA) is 35.2 Å². The SMILES string of the molecule is COc1ccc(CCC(N)c2cccc(F)c2)cc1. The van der Waals surface area contributed by atoms with Gasteiger partial charge in [-0.2, -0.15) is 0 Å². The van der Waals surface area contributed by atoms with E-state index in [0.29, 0.717) is 0 Å². The highest BCUT2D eigenvalue weighted by Crippen LogP contribution is 2.19. The smallest absolute Gasteiger partial charge is 0.123 e. The lowest BCUT2D eigenvalue weighted by molar-refractivity contribution is 0.414. The molecule has 2 aromatic rings. The summed E-state index contributed by atoms with van der Waals surface area (Å²) in [5, 5.41) is 0. The van der Waals surface area contributed by atoms with Gasteiger partial charge in [-0.25, -0.2) is 4.39 Å². The molecule has 2 rings (SSSR count). The van der Waals surface area contributed by atoms with E-state index in [4.69, 9.17) is 10.5 Å². The number of nitrogens with two attached hydrogens (primary N) is 1. The van der Waals surface area contributed by atoms with Crippen LogP contribution in [-0.4, -0.2) is 7.11 Å². The Morgan fingerprint density at radius 2 is 1.89 bits per heavy atom. The molecule has 0 aliphatic heterocycles. The molecular formula is C16H18FNO. The molecular weight excluding hydrogens is 241 g/mol. The zero-order valence-electron chi connectivity index (χ0n) is 11.0. The number of ether oxygens (including phenoxy) is 1. The summed E-state index contributed by atoms with van der Waals surface area (Å²) in [4.78, 5) is 0. The van der Waals surface area contributed by atoms with Crippen molar-refractivity contribution in [1.29, 1.82) is 0 Å². The molecule has 0 fully saturated rings. The number of benzene rings is 2. The van der Waals surface area contributed by atoms with Crippen molar-refractivity contribution in [2.45, 2.75) is 18.9 Å². The second-order valence-corrected chi connectivity index (χ2v) is 4.55. The second kappa shape index (κ2) is 6.34. The fourth-order valence-electron chi connectivity index (χ4n) is 2.02. The first-order chi connectivity index (χ1) is 9.19. The van der Waals surface area contributed by atoms with Gasteiger partial charge in [-0.15, -0.1) is 0 Å². The Bertz CT molecular complexity index is 525. The lowest BCUT2D eigenvalue weighted by atomic mass is 10.00. The fraction of sp³-hybridized carbons (Fsp3) is 0.250. The van der Waals surface area contributed by atoms with Gasteiger partial charge in [-0.05, 0) is 48.2 Å². The van der Waals surface area contributed by atoms with E-state index in [-0.39, 0.29) is 11.9 Å². The molecule has 0 aliphatic rings. The summed E-state index contributed by atoms with van der Waals surface area (Å²) >= 11 is 0. The standard InChI is InChI=1S/C16H18FNO/c1-19-15-8-5-12(6-9-15)7-10-16(18)13-3-2-4-14(17)11-13/h2-6,8-9,11,16H,7,10,18H2,1H3. The third-order valence-corrected chi connectivity index (χ3v) is 3.18.